The van der Waals surface area contributed by atoms with E-state index in [1.807, 2.05) is 24.3 Å². The second-order valence-corrected chi connectivity index (χ2v) is 5.07. The first-order valence-electron chi connectivity index (χ1n) is 6.32. The molecule has 6 heteroatoms. The van der Waals surface area contributed by atoms with E-state index < -0.39 is 5.82 Å². The van der Waals surface area contributed by atoms with Crippen molar-refractivity contribution in [1.82, 2.24) is 9.55 Å². The summed E-state index contributed by atoms with van der Waals surface area (Å²) in [6, 6.07) is 10.5. The Morgan fingerprint density at radius 2 is 2.00 bits per heavy atom. The van der Waals surface area contributed by atoms with Crippen molar-refractivity contribution >= 4 is 28.6 Å². The molecule has 0 unspecified atom stereocenters. The number of methoxy groups -OCH3 is 1. The molecule has 0 radical (unpaired) electrons. The minimum absolute atomic E-state index is 0.0541. The van der Waals surface area contributed by atoms with Gasteiger partial charge in [-0.2, -0.15) is 0 Å². The summed E-state index contributed by atoms with van der Waals surface area (Å²) in [7, 11) is 1.62. The summed E-state index contributed by atoms with van der Waals surface area (Å²) < 4.78 is 20.4. The highest BCUT2D eigenvalue weighted by atomic mass is 35.5. The van der Waals surface area contributed by atoms with Crippen molar-refractivity contribution in [1.29, 1.82) is 0 Å². The van der Waals surface area contributed by atoms with Crippen molar-refractivity contribution < 1.29 is 9.13 Å². The lowest BCUT2D eigenvalue weighted by atomic mass is 10.2. The van der Waals surface area contributed by atoms with E-state index in [-0.39, 0.29) is 5.02 Å². The Kier molecular flexibility index (Phi) is 3.43. The van der Waals surface area contributed by atoms with Gasteiger partial charge >= 0.3 is 0 Å². The summed E-state index contributed by atoms with van der Waals surface area (Å²) >= 11 is 5.84. The summed E-state index contributed by atoms with van der Waals surface area (Å²) in [5.74, 6) is 0.605. The van der Waals surface area contributed by atoms with Crippen LogP contribution in [0.3, 0.4) is 0 Å². The number of nitrogens with zero attached hydrogens (tertiary/aromatic N) is 2. The van der Waals surface area contributed by atoms with Crippen LogP contribution in [0, 0.1) is 5.82 Å². The number of imidazole rings is 1. The highest BCUT2D eigenvalue weighted by Gasteiger charge is 2.12. The fourth-order valence-electron chi connectivity index (χ4n) is 2.22. The van der Waals surface area contributed by atoms with Gasteiger partial charge in [-0.1, -0.05) is 23.7 Å². The maximum Gasteiger partial charge on any atom is 0.201 e. The molecule has 0 amide bonds. The number of ether oxygens (including phenoxy) is 1. The highest BCUT2D eigenvalue weighted by molar-refractivity contribution is 6.31. The van der Waals surface area contributed by atoms with Crippen molar-refractivity contribution in [2.24, 2.45) is 0 Å². The van der Waals surface area contributed by atoms with Gasteiger partial charge in [-0.15, -0.1) is 0 Å². The monoisotopic (exact) mass is 305 g/mol. The maximum atomic E-state index is 13.5. The van der Waals surface area contributed by atoms with E-state index in [1.165, 1.54) is 6.07 Å². The topological polar surface area (TPSA) is 53.1 Å². The molecule has 4 nitrogen and oxygen atoms in total. The van der Waals surface area contributed by atoms with E-state index in [0.29, 0.717) is 23.5 Å². The molecule has 0 aliphatic rings. The number of rotatable bonds is 3. The molecule has 2 aromatic carbocycles. The standard InChI is InChI=1S/C15H13ClFN3O/c1-21-10-4-2-9(3-5-10)8-20-14-6-11(16)12(17)7-13(14)19-15(20)18/h2-7H,8H2,1H3,(H2,18,19). The number of fused-ring (bicyclic) bond motifs is 1. The number of benzene rings is 2. The van der Waals surface area contributed by atoms with Gasteiger partial charge in [-0.25, -0.2) is 9.37 Å². The number of nitrogens with two attached hydrogens (primary N) is 1. The van der Waals surface area contributed by atoms with Crippen LogP contribution in [0.5, 0.6) is 5.75 Å². The van der Waals surface area contributed by atoms with E-state index in [1.54, 1.807) is 17.7 Å². The average Bonchev–Trinajstić information content (AvgIpc) is 2.76. The van der Waals surface area contributed by atoms with Crippen LogP contribution in [-0.4, -0.2) is 16.7 Å². The molecular formula is C15H13ClFN3O. The van der Waals surface area contributed by atoms with Crippen LogP contribution < -0.4 is 10.5 Å². The minimum Gasteiger partial charge on any atom is -0.497 e. The maximum absolute atomic E-state index is 13.5. The Balaban J connectivity index is 2.03. The van der Waals surface area contributed by atoms with E-state index in [2.05, 4.69) is 4.98 Å². The predicted molar refractivity (Wildman–Crippen MR) is 81.2 cm³/mol. The third kappa shape index (κ3) is 2.52. The smallest absolute Gasteiger partial charge is 0.201 e. The molecule has 1 aromatic heterocycles. The van der Waals surface area contributed by atoms with Crippen LogP contribution in [-0.2, 0) is 6.54 Å². The number of nitrogen functional groups attached to an aromatic ring is 1. The zero-order chi connectivity index (χ0) is 15.0. The van der Waals surface area contributed by atoms with Crippen molar-refractivity contribution in [2.75, 3.05) is 12.8 Å². The molecule has 0 saturated carbocycles. The Morgan fingerprint density at radius 3 is 2.67 bits per heavy atom. The van der Waals surface area contributed by atoms with Gasteiger partial charge in [-0.05, 0) is 23.8 Å². The zero-order valence-corrected chi connectivity index (χ0v) is 12.1. The molecule has 0 atom stereocenters. The van der Waals surface area contributed by atoms with Gasteiger partial charge in [0.15, 0.2) is 0 Å². The van der Waals surface area contributed by atoms with E-state index in [9.17, 15) is 4.39 Å². The number of anilines is 1. The lowest BCUT2D eigenvalue weighted by Gasteiger charge is -2.08. The van der Waals surface area contributed by atoms with Crippen LogP contribution in [0.25, 0.3) is 11.0 Å². The van der Waals surface area contributed by atoms with Crippen molar-refractivity contribution in [3.8, 4) is 5.75 Å². The quantitative estimate of drug-likeness (QED) is 0.806. The molecule has 2 N–H and O–H groups in total. The zero-order valence-electron chi connectivity index (χ0n) is 11.3. The van der Waals surface area contributed by atoms with Gasteiger partial charge in [0.05, 0.1) is 29.7 Å². The van der Waals surface area contributed by atoms with Crippen LogP contribution >= 0.6 is 11.6 Å². The van der Waals surface area contributed by atoms with Crippen molar-refractivity contribution in [3.63, 3.8) is 0 Å². The lowest BCUT2D eigenvalue weighted by molar-refractivity contribution is 0.414. The van der Waals surface area contributed by atoms with E-state index in [0.717, 1.165) is 11.3 Å². The number of hydrogen-bond donors (Lipinski definition) is 1. The molecule has 0 spiro atoms. The first kappa shape index (κ1) is 13.7. The predicted octanol–water partition coefficient (Wildman–Crippen LogP) is 3.47. The molecule has 0 bridgehead atoms. The summed E-state index contributed by atoms with van der Waals surface area (Å²) in [5, 5.41) is 0.0541. The fourth-order valence-corrected chi connectivity index (χ4v) is 2.38. The molecule has 1 heterocycles. The molecule has 0 fully saturated rings. The van der Waals surface area contributed by atoms with E-state index in [4.69, 9.17) is 22.1 Å². The summed E-state index contributed by atoms with van der Waals surface area (Å²) in [6.45, 7) is 0.522. The van der Waals surface area contributed by atoms with Crippen LogP contribution in [0.4, 0.5) is 10.3 Å². The molecule has 3 rings (SSSR count). The van der Waals surface area contributed by atoms with E-state index >= 15 is 0 Å². The second-order valence-electron chi connectivity index (χ2n) is 4.66. The average molecular weight is 306 g/mol. The normalized spacial score (nSPS) is 11.0. The number of halogens is 2. The molecule has 3 aromatic rings. The third-order valence-corrected chi connectivity index (χ3v) is 3.61. The molecule has 21 heavy (non-hydrogen) atoms. The van der Waals surface area contributed by atoms with Gasteiger partial charge in [0.25, 0.3) is 0 Å². The van der Waals surface area contributed by atoms with Crippen molar-refractivity contribution in [3.05, 3.63) is 52.8 Å². The molecule has 0 saturated heterocycles. The largest absolute Gasteiger partial charge is 0.497 e. The first-order valence-corrected chi connectivity index (χ1v) is 6.70. The van der Waals surface area contributed by atoms with Crippen LogP contribution in [0.1, 0.15) is 5.56 Å². The SMILES string of the molecule is COc1ccc(Cn2c(N)nc3cc(F)c(Cl)cc32)cc1. The fraction of sp³-hybridized carbons (Fsp3) is 0.133. The minimum atomic E-state index is -0.502. The summed E-state index contributed by atoms with van der Waals surface area (Å²) in [4.78, 5) is 4.16. The molecular weight excluding hydrogens is 293 g/mol. The molecule has 0 aliphatic carbocycles. The van der Waals surface area contributed by atoms with Gasteiger partial charge < -0.3 is 15.0 Å². The Morgan fingerprint density at radius 1 is 1.29 bits per heavy atom. The van der Waals surface area contributed by atoms with Crippen LogP contribution in [0.2, 0.25) is 5.02 Å². The van der Waals surface area contributed by atoms with Crippen LogP contribution in [0.15, 0.2) is 36.4 Å². The molecule has 0 aliphatic heterocycles. The van der Waals surface area contributed by atoms with Crippen molar-refractivity contribution in [2.45, 2.75) is 6.54 Å². The summed E-state index contributed by atoms with van der Waals surface area (Å²) in [5.41, 5.74) is 8.14. The number of aromatic nitrogens is 2. The third-order valence-electron chi connectivity index (χ3n) is 3.32. The lowest BCUT2D eigenvalue weighted by Crippen LogP contribution is -2.04. The van der Waals surface area contributed by atoms with Gasteiger partial charge in [0.2, 0.25) is 5.95 Å². The highest BCUT2D eigenvalue weighted by Crippen LogP contribution is 2.25. The Hall–Kier alpha value is -2.27. The number of hydrogen-bond acceptors (Lipinski definition) is 3. The van der Waals surface area contributed by atoms with Gasteiger partial charge in [-0.3, -0.25) is 0 Å². The van der Waals surface area contributed by atoms with Gasteiger partial charge in [0.1, 0.15) is 11.6 Å². The Labute approximate surface area is 125 Å². The molecule has 108 valence electrons. The first-order chi connectivity index (χ1) is 10.1. The Bertz CT molecular complexity index is 799. The summed E-state index contributed by atoms with van der Waals surface area (Å²) in [6.07, 6.45) is 0. The second kappa shape index (κ2) is 5.26. The van der Waals surface area contributed by atoms with Gasteiger partial charge in [0, 0.05) is 6.07 Å².